The van der Waals surface area contributed by atoms with Crippen LogP contribution in [0.2, 0.25) is 0 Å². The molecule has 2 heterocycles. The zero-order valence-corrected chi connectivity index (χ0v) is 7.91. The second kappa shape index (κ2) is 11.2. The van der Waals surface area contributed by atoms with Crippen LogP contribution in [-0.2, 0) is 0 Å². The molecule has 0 amide bonds. The van der Waals surface area contributed by atoms with Gasteiger partial charge in [-0.15, -0.1) is 0 Å². The first kappa shape index (κ1) is 12.2. The average Bonchev–Trinajstić information content (AvgIpc) is 2.80. The van der Waals surface area contributed by atoms with Crippen molar-refractivity contribution in [1.29, 1.82) is 0 Å². The van der Waals surface area contributed by atoms with Gasteiger partial charge in [-0.1, -0.05) is 0 Å². The summed E-state index contributed by atoms with van der Waals surface area (Å²) in [5.74, 6) is 0. The molecule has 14 heavy (non-hydrogen) atoms. The second-order valence-electron chi connectivity index (χ2n) is 1.87. The second-order valence-corrected chi connectivity index (χ2v) is 1.87. The van der Waals surface area contributed by atoms with Crippen LogP contribution < -0.4 is 0 Å². The van der Waals surface area contributed by atoms with Crippen LogP contribution in [-0.4, -0.2) is 37.1 Å². The van der Waals surface area contributed by atoms with Gasteiger partial charge in [-0.05, 0) is 6.92 Å². The molecule has 0 aliphatic rings. The van der Waals surface area contributed by atoms with E-state index in [0.29, 0.717) is 0 Å². The van der Waals surface area contributed by atoms with Gasteiger partial charge in [0.1, 0.15) is 0 Å². The predicted octanol–water partition coefficient (Wildman–Crippen LogP) is 0.280. The van der Waals surface area contributed by atoms with Crippen LogP contribution in [0.25, 0.3) is 0 Å². The van der Waals surface area contributed by atoms with Crippen molar-refractivity contribution in [1.82, 2.24) is 25.4 Å². The van der Waals surface area contributed by atoms with Crippen molar-refractivity contribution in [2.24, 2.45) is 0 Å². The Bertz CT molecular complexity index is 216. The molecule has 0 radical (unpaired) electrons. The predicted molar refractivity (Wildman–Crippen MR) is 51.2 cm³/mol. The van der Waals surface area contributed by atoms with E-state index in [1.165, 1.54) is 0 Å². The van der Waals surface area contributed by atoms with Gasteiger partial charge in [0.15, 0.2) is 0 Å². The Balaban J connectivity index is 0.000000193. The molecule has 76 valence electrons. The number of nitrogens with zero attached hydrogens (tertiary/aromatic N) is 4. The Morgan fingerprint density at radius 3 is 1.43 bits per heavy atom. The first-order chi connectivity index (χ1) is 6.91. The Labute approximate surface area is 82.0 Å². The number of H-pyrrole nitrogens is 1. The van der Waals surface area contributed by atoms with Crippen LogP contribution in [0.4, 0.5) is 0 Å². The van der Waals surface area contributed by atoms with Gasteiger partial charge in [0.2, 0.25) is 0 Å². The summed E-state index contributed by atoms with van der Waals surface area (Å²) in [7, 11) is 0. The van der Waals surface area contributed by atoms with E-state index in [4.69, 9.17) is 5.11 Å². The number of hydrogen-bond donors (Lipinski definition) is 2. The Hall–Kier alpha value is -1.82. The third-order valence-electron chi connectivity index (χ3n) is 0.809. The van der Waals surface area contributed by atoms with Crippen molar-refractivity contribution in [3.8, 4) is 0 Å². The standard InChI is InChI=1S/C4H4N2.C2H3N3.C2H6O/c1-2-6-4-3-5-1;1-2-4-5-3-1;1-2-3/h1-4H;1-2H,(H,3,4,5);3H,2H2,1H3. The molecule has 0 unspecified atom stereocenters. The molecule has 0 saturated carbocycles. The highest BCUT2D eigenvalue weighted by Gasteiger charge is 1.59. The molecule has 0 fully saturated rings. The molecule has 0 atom stereocenters. The minimum absolute atomic E-state index is 0.250. The van der Waals surface area contributed by atoms with Crippen molar-refractivity contribution < 1.29 is 5.11 Å². The molecular weight excluding hydrogens is 182 g/mol. The van der Waals surface area contributed by atoms with Gasteiger partial charge < -0.3 is 5.11 Å². The monoisotopic (exact) mass is 195 g/mol. The summed E-state index contributed by atoms with van der Waals surface area (Å²) in [6.07, 6.45) is 9.72. The molecule has 0 bridgehead atoms. The van der Waals surface area contributed by atoms with E-state index in [1.54, 1.807) is 44.1 Å². The zero-order valence-electron chi connectivity index (χ0n) is 7.91. The summed E-state index contributed by atoms with van der Waals surface area (Å²) in [5, 5.41) is 16.9. The van der Waals surface area contributed by atoms with Crippen LogP contribution in [0.3, 0.4) is 0 Å². The van der Waals surface area contributed by atoms with E-state index >= 15 is 0 Å². The maximum atomic E-state index is 7.57. The fourth-order valence-corrected chi connectivity index (χ4v) is 0.420. The van der Waals surface area contributed by atoms with Gasteiger partial charge in [0, 0.05) is 31.4 Å². The summed E-state index contributed by atoms with van der Waals surface area (Å²) < 4.78 is 0. The lowest BCUT2D eigenvalue weighted by Crippen LogP contribution is -1.66. The summed E-state index contributed by atoms with van der Waals surface area (Å²) >= 11 is 0. The first-order valence-corrected chi connectivity index (χ1v) is 4.02. The number of aliphatic hydroxyl groups excluding tert-OH is 1. The summed E-state index contributed by atoms with van der Waals surface area (Å²) in [6, 6.07) is 0. The van der Waals surface area contributed by atoms with Crippen LogP contribution >= 0.6 is 0 Å². The molecule has 6 heteroatoms. The van der Waals surface area contributed by atoms with E-state index in [2.05, 4.69) is 25.4 Å². The Kier molecular flexibility index (Phi) is 9.73. The fraction of sp³-hybridized carbons (Fsp3) is 0.250. The molecule has 0 spiro atoms. The van der Waals surface area contributed by atoms with E-state index in [9.17, 15) is 0 Å². The summed E-state index contributed by atoms with van der Waals surface area (Å²) in [6.45, 7) is 1.93. The zero-order chi connectivity index (χ0) is 10.5. The normalized spacial score (nSPS) is 7.57. The van der Waals surface area contributed by atoms with Crippen LogP contribution in [0.5, 0.6) is 0 Å². The molecule has 0 saturated heterocycles. The number of hydrogen-bond acceptors (Lipinski definition) is 5. The van der Waals surface area contributed by atoms with E-state index in [1.807, 2.05) is 0 Å². The highest BCUT2D eigenvalue weighted by molar-refractivity contribution is 4.70. The van der Waals surface area contributed by atoms with Crippen LogP contribution in [0.15, 0.2) is 37.2 Å². The van der Waals surface area contributed by atoms with Gasteiger partial charge in [-0.3, -0.25) is 9.97 Å². The van der Waals surface area contributed by atoms with Gasteiger partial charge in [0.25, 0.3) is 0 Å². The van der Waals surface area contributed by atoms with Crippen LogP contribution in [0.1, 0.15) is 6.92 Å². The highest BCUT2D eigenvalue weighted by atomic mass is 16.2. The minimum atomic E-state index is 0.250. The number of rotatable bonds is 0. The average molecular weight is 195 g/mol. The Morgan fingerprint density at radius 2 is 1.29 bits per heavy atom. The molecule has 0 aliphatic carbocycles. The lowest BCUT2D eigenvalue weighted by Gasteiger charge is -1.70. The maximum absolute atomic E-state index is 7.57. The van der Waals surface area contributed by atoms with Crippen molar-refractivity contribution in [3.63, 3.8) is 0 Å². The largest absolute Gasteiger partial charge is 0.397 e. The molecular formula is C8H13N5O. The van der Waals surface area contributed by atoms with Crippen LogP contribution in [0, 0.1) is 0 Å². The molecule has 2 aromatic rings. The highest BCUT2D eigenvalue weighted by Crippen LogP contribution is 1.65. The van der Waals surface area contributed by atoms with Crippen molar-refractivity contribution >= 4 is 0 Å². The number of aliphatic hydroxyl groups is 1. The van der Waals surface area contributed by atoms with Gasteiger partial charge >= 0.3 is 0 Å². The Morgan fingerprint density at radius 1 is 0.929 bits per heavy atom. The summed E-state index contributed by atoms with van der Waals surface area (Å²) in [4.78, 5) is 7.44. The van der Waals surface area contributed by atoms with Crippen molar-refractivity contribution in [3.05, 3.63) is 37.2 Å². The third-order valence-corrected chi connectivity index (χ3v) is 0.809. The van der Waals surface area contributed by atoms with E-state index < -0.39 is 0 Å². The lowest BCUT2D eigenvalue weighted by atomic mass is 10.8. The molecule has 2 N–H and O–H groups in total. The lowest BCUT2D eigenvalue weighted by molar-refractivity contribution is 0.318. The van der Waals surface area contributed by atoms with Gasteiger partial charge in [-0.25, -0.2) is 0 Å². The van der Waals surface area contributed by atoms with Crippen molar-refractivity contribution in [2.45, 2.75) is 6.92 Å². The number of nitrogens with one attached hydrogen (secondary N) is 1. The third kappa shape index (κ3) is 10.2. The maximum Gasteiger partial charge on any atom is 0.0690 e. The molecule has 2 aromatic heterocycles. The number of aromatic nitrogens is 5. The van der Waals surface area contributed by atoms with Gasteiger partial charge in [-0.2, -0.15) is 15.4 Å². The molecule has 6 nitrogen and oxygen atoms in total. The van der Waals surface area contributed by atoms with E-state index in [0.717, 1.165) is 0 Å². The van der Waals surface area contributed by atoms with Crippen molar-refractivity contribution in [2.75, 3.05) is 6.61 Å². The molecule has 2 rings (SSSR count). The van der Waals surface area contributed by atoms with E-state index in [-0.39, 0.29) is 6.61 Å². The number of aromatic amines is 1. The SMILES string of the molecule is CCO.c1cn[nH]n1.c1cnccn1. The fourth-order valence-electron chi connectivity index (χ4n) is 0.420. The smallest absolute Gasteiger partial charge is 0.0690 e. The van der Waals surface area contributed by atoms with Gasteiger partial charge in [0.05, 0.1) is 12.4 Å². The summed E-state index contributed by atoms with van der Waals surface area (Å²) in [5.41, 5.74) is 0. The quantitative estimate of drug-likeness (QED) is 0.630. The molecule has 0 aromatic carbocycles. The molecule has 0 aliphatic heterocycles. The topological polar surface area (TPSA) is 87.6 Å². The first-order valence-electron chi connectivity index (χ1n) is 4.02. The minimum Gasteiger partial charge on any atom is -0.397 e.